The van der Waals surface area contributed by atoms with Crippen LogP contribution in [0.4, 0.5) is 0 Å². The van der Waals surface area contributed by atoms with E-state index in [-0.39, 0.29) is 5.76 Å². The van der Waals surface area contributed by atoms with Crippen molar-refractivity contribution in [3.05, 3.63) is 30.0 Å². The van der Waals surface area contributed by atoms with Gasteiger partial charge in [0.15, 0.2) is 5.16 Å². The third kappa shape index (κ3) is 3.17. The topological polar surface area (TPSA) is 70.2 Å². The maximum absolute atomic E-state index is 11.3. The quantitative estimate of drug-likeness (QED) is 0.619. The van der Waals surface area contributed by atoms with Gasteiger partial charge in [-0.3, -0.25) is 0 Å². The average molecular weight is 281 g/mol. The molecule has 0 aliphatic heterocycles. The van der Waals surface area contributed by atoms with Gasteiger partial charge in [0, 0.05) is 6.04 Å². The Morgan fingerprint density at radius 3 is 3.00 bits per heavy atom. The zero-order valence-electron chi connectivity index (χ0n) is 11.0. The number of thioether (sulfide) groups is 1. The number of aromatic nitrogens is 3. The van der Waals surface area contributed by atoms with E-state index in [9.17, 15) is 4.79 Å². The molecule has 0 aliphatic carbocycles. The Morgan fingerprint density at radius 1 is 1.53 bits per heavy atom. The Hall–Kier alpha value is -1.76. The molecule has 0 N–H and O–H groups in total. The lowest BCUT2D eigenvalue weighted by Gasteiger charge is -2.08. The summed E-state index contributed by atoms with van der Waals surface area (Å²) in [6, 6.07) is 3.67. The van der Waals surface area contributed by atoms with E-state index < -0.39 is 5.97 Å². The van der Waals surface area contributed by atoms with Gasteiger partial charge < -0.3 is 13.7 Å². The predicted octanol–water partition coefficient (Wildman–Crippen LogP) is 2.53. The molecule has 0 radical (unpaired) electrons. The van der Waals surface area contributed by atoms with E-state index in [2.05, 4.69) is 28.8 Å². The van der Waals surface area contributed by atoms with E-state index in [0.717, 1.165) is 5.16 Å². The largest absolute Gasteiger partial charge is 0.463 e. The second-order valence-corrected chi connectivity index (χ2v) is 5.10. The van der Waals surface area contributed by atoms with E-state index in [1.807, 2.05) is 4.57 Å². The molecule has 2 aromatic rings. The summed E-state index contributed by atoms with van der Waals surface area (Å²) in [5, 5.41) is 8.77. The molecule has 7 heteroatoms. The van der Waals surface area contributed by atoms with Gasteiger partial charge in [0.2, 0.25) is 5.76 Å². The summed E-state index contributed by atoms with van der Waals surface area (Å²) < 4.78 is 11.9. The third-order valence-corrected chi connectivity index (χ3v) is 3.47. The summed E-state index contributed by atoms with van der Waals surface area (Å²) >= 11 is 1.51. The van der Waals surface area contributed by atoms with Gasteiger partial charge in [-0.15, -0.1) is 10.2 Å². The van der Waals surface area contributed by atoms with E-state index in [1.165, 1.54) is 18.9 Å². The number of hydrogen-bond donors (Lipinski definition) is 0. The summed E-state index contributed by atoms with van der Waals surface area (Å²) in [4.78, 5) is 11.3. The van der Waals surface area contributed by atoms with Crippen LogP contribution in [0.25, 0.3) is 0 Å². The summed E-state index contributed by atoms with van der Waals surface area (Å²) in [6.45, 7) is 4.13. The van der Waals surface area contributed by atoms with Gasteiger partial charge in [-0.1, -0.05) is 11.8 Å². The van der Waals surface area contributed by atoms with Crippen molar-refractivity contribution >= 4 is 17.7 Å². The number of carbonyl (C=O) groups excluding carboxylic acids is 1. The van der Waals surface area contributed by atoms with Crippen molar-refractivity contribution in [1.82, 2.24) is 14.8 Å². The molecule has 0 saturated carbocycles. The number of hydrogen-bond acceptors (Lipinski definition) is 6. The maximum atomic E-state index is 11.3. The highest BCUT2D eigenvalue weighted by molar-refractivity contribution is 7.98. The molecule has 0 spiro atoms. The fourth-order valence-corrected chi connectivity index (χ4v) is 2.43. The van der Waals surface area contributed by atoms with Gasteiger partial charge in [0.1, 0.15) is 12.1 Å². The molecule has 0 bridgehead atoms. The lowest BCUT2D eigenvalue weighted by Crippen LogP contribution is -2.00. The molecule has 2 aromatic heterocycles. The van der Waals surface area contributed by atoms with Gasteiger partial charge in [-0.2, -0.15) is 0 Å². The second-order valence-electron chi connectivity index (χ2n) is 4.16. The predicted molar refractivity (Wildman–Crippen MR) is 70.0 cm³/mol. The molecule has 0 saturated heterocycles. The monoisotopic (exact) mass is 281 g/mol. The molecular formula is C12H15N3O3S. The first kappa shape index (κ1) is 13.7. The molecule has 0 unspecified atom stereocenters. The first-order chi connectivity index (χ1) is 9.11. The Labute approximate surface area is 115 Å². The Morgan fingerprint density at radius 2 is 2.32 bits per heavy atom. The van der Waals surface area contributed by atoms with E-state index in [0.29, 0.717) is 17.6 Å². The molecule has 6 nitrogen and oxygen atoms in total. The van der Waals surface area contributed by atoms with Crippen LogP contribution < -0.4 is 0 Å². The minimum Gasteiger partial charge on any atom is -0.463 e. The molecule has 0 atom stereocenters. The first-order valence-electron chi connectivity index (χ1n) is 5.81. The Bertz CT molecular complexity index is 562. The lowest BCUT2D eigenvalue weighted by atomic mass is 10.4. The normalized spacial score (nSPS) is 10.9. The van der Waals surface area contributed by atoms with E-state index in [1.54, 1.807) is 18.5 Å². The third-order valence-electron chi connectivity index (χ3n) is 2.49. The molecular weight excluding hydrogens is 266 g/mol. The standard InChI is InChI=1S/C12H15N3O3S/c1-8(2)15-7-13-14-12(15)19-6-9-4-5-10(18-9)11(16)17-3/h4-5,7-8H,6H2,1-3H3. The number of methoxy groups -OCH3 is 1. The summed E-state index contributed by atoms with van der Waals surface area (Å²) in [6.07, 6.45) is 1.70. The van der Waals surface area contributed by atoms with Crippen LogP contribution in [0.3, 0.4) is 0 Å². The fourth-order valence-electron chi connectivity index (χ4n) is 1.49. The highest BCUT2D eigenvalue weighted by Crippen LogP contribution is 2.24. The number of ether oxygens (including phenoxy) is 1. The molecule has 0 aliphatic rings. The first-order valence-corrected chi connectivity index (χ1v) is 6.79. The van der Waals surface area contributed by atoms with Crippen molar-refractivity contribution in [1.29, 1.82) is 0 Å². The van der Waals surface area contributed by atoms with Crippen molar-refractivity contribution in [2.45, 2.75) is 30.8 Å². The van der Waals surface area contributed by atoms with Crippen molar-refractivity contribution in [3.8, 4) is 0 Å². The van der Waals surface area contributed by atoms with Gasteiger partial charge in [0.05, 0.1) is 12.9 Å². The van der Waals surface area contributed by atoms with Crippen LogP contribution in [0.5, 0.6) is 0 Å². The number of furan rings is 1. The van der Waals surface area contributed by atoms with Crippen LogP contribution in [-0.2, 0) is 10.5 Å². The van der Waals surface area contributed by atoms with Crippen molar-refractivity contribution in [2.24, 2.45) is 0 Å². The van der Waals surface area contributed by atoms with Gasteiger partial charge in [0.25, 0.3) is 0 Å². The highest BCUT2D eigenvalue weighted by atomic mass is 32.2. The van der Waals surface area contributed by atoms with Crippen molar-refractivity contribution in [2.75, 3.05) is 7.11 Å². The molecule has 0 aromatic carbocycles. The van der Waals surface area contributed by atoms with E-state index >= 15 is 0 Å². The lowest BCUT2D eigenvalue weighted by molar-refractivity contribution is 0.0563. The maximum Gasteiger partial charge on any atom is 0.373 e. The smallest absolute Gasteiger partial charge is 0.373 e. The van der Waals surface area contributed by atoms with Crippen LogP contribution >= 0.6 is 11.8 Å². The number of esters is 1. The van der Waals surface area contributed by atoms with Crippen LogP contribution in [0.2, 0.25) is 0 Å². The minimum absolute atomic E-state index is 0.212. The molecule has 0 fully saturated rings. The zero-order valence-corrected chi connectivity index (χ0v) is 11.8. The van der Waals surface area contributed by atoms with Crippen molar-refractivity contribution < 1.29 is 13.9 Å². The summed E-state index contributed by atoms with van der Waals surface area (Å²) in [7, 11) is 1.32. The number of carbonyl (C=O) groups is 1. The molecule has 2 heterocycles. The SMILES string of the molecule is COC(=O)c1ccc(CSc2nncn2C(C)C)o1. The molecule has 102 valence electrons. The number of nitrogens with zero attached hydrogens (tertiary/aromatic N) is 3. The zero-order chi connectivity index (χ0) is 13.8. The van der Waals surface area contributed by atoms with Crippen LogP contribution in [-0.4, -0.2) is 27.8 Å². The molecule has 19 heavy (non-hydrogen) atoms. The van der Waals surface area contributed by atoms with Crippen LogP contribution in [0.15, 0.2) is 28.0 Å². The Kier molecular flexibility index (Phi) is 4.26. The summed E-state index contributed by atoms with van der Waals surface area (Å²) in [5.41, 5.74) is 0. The molecule has 0 amide bonds. The molecule has 2 rings (SSSR count). The fraction of sp³-hybridized carbons (Fsp3) is 0.417. The average Bonchev–Trinajstić information content (AvgIpc) is 3.04. The Balaban J connectivity index is 2.00. The highest BCUT2D eigenvalue weighted by Gasteiger charge is 2.13. The van der Waals surface area contributed by atoms with Gasteiger partial charge >= 0.3 is 5.97 Å². The van der Waals surface area contributed by atoms with Gasteiger partial charge in [-0.05, 0) is 26.0 Å². The van der Waals surface area contributed by atoms with Crippen LogP contribution in [0, 0.1) is 0 Å². The van der Waals surface area contributed by atoms with Crippen LogP contribution in [0.1, 0.15) is 36.2 Å². The second kappa shape index (κ2) is 5.92. The van der Waals surface area contributed by atoms with Crippen molar-refractivity contribution in [3.63, 3.8) is 0 Å². The van der Waals surface area contributed by atoms with E-state index in [4.69, 9.17) is 4.42 Å². The summed E-state index contributed by atoms with van der Waals surface area (Å²) in [5.74, 6) is 1.02. The number of rotatable bonds is 5. The van der Waals surface area contributed by atoms with Gasteiger partial charge in [-0.25, -0.2) is 4.79 Å². The minimum atomic E-state index is -0.471.